The van der Waals surface area contributed by atoms with E-state index in [9.17, 15) is 4.79 Å². The van der Waals surface area contributed by atoms with Gasteiger partial charge in [0.25, 0.3) is 0 Å². The second-order valence-corrected chi connectivity index (χ2v) is 5.39. The Balaban J connectivity index is 2.04. The molecule has 1 aromatic rings. The van der Waals surface area contributed by atoms with Gasteiger partial charge in [-0.3, -0.25) is 4.79 Å². The highest BCUT2D eigenvalue weighted by molar-refractivity contribution is 5.93. The van der Waals surface area contributed by atoms with Crippen molar-refractivity contribution in [3.05, 3.63) is 18.3 Å². The lowest BCUT2D eigenvalue weighted by molar-refractivity contribution is -0.122. The van der Waals surface area contributed by atoms with Gasteiger partial charge in [0.1, 0.15) is 5.82 Å². The lowest BCUT2D eigenvalue weighted by atomic mass is 9.81. The molecule has 0 radical (unpaired) electrons. The van der Waals surface area contributed by atoms with E-state index in [1.54, 1.807) is 18.3 Å². The maximum absolute atomic E-state index is 12.1. The molecule has 3 N–H and O–H groups in total. The number of nitrogen functional groups attached to an aromatic ring is 1. The Morgan fingerprint density at radius 2 is 2.29 bits per heavy atom. The summed E-state index contributed by atoms with van der Waals surface area (Å²) in [6.45, 7) is 4.32. The Bertz CT molecular complexity index is 411. The summed E-state index contributed by atoms with van der Waals surface area (Å²) in [5.74, 6) is 0.656. The van der Waals surface area contributed by atoms with Gasteiger partial charge in [-0.1, -0.05) is 20.3 Å². The first-order valence-electron chi connectivity index (χ1n) is 6.01. The first kappa shape index (κ1) is 11.9. The minimum Gasteiger partial charge on any atom is -0.384 e. The van der Waals surface area contributed by atoms with Crippen molar-refractivity contribution < 1.29 is 4.79 Å². The van der Waals surface area contributed by atoms with Crippen LogP contribution < -0.4 is 11.1 Å². The van der Waals surface area contributed by atoms with Crippen molar-refractivity contribution in [2.75, 3.05) is 11.1 Å². The van der Waals surface area contributed by atoms with Crippen LogP contribution in [0.15, 0.2) is 18.3 Å². The molecule has 1 aromatic heterocycles. The van der Waals surface area contributed by atoms with Crippen LogP contribution in [-0.2, 0) is 4.79 Å². The van der Waals surface area contributed by atoms with Gasteiger partial charge in [0.05, 0.1) is 11.9 Å². The molecular weight excluding hydrogens is 214 g/mol. The summed E-state index contributed by atoms with van der Waals surface area (Å²) in [5.41, 5.74) is 6.32. The predicted octanol–water partition coefficient (Wildman–Crippen LogP) is 2.43. The van der Waals surface area contributed by atoms with Crippen LogP contribution in [0.2, 0.25) is 0 Å². The van der Waals surface area contributed by atoms with E-state index < -0.39 is 0 Å². The summed E-state index contributed by atoms with van der Waals surface area (Å²) in [6.07, 6.45) is 4.81. The molecule has 0 aliphatic heterocycles. The van der Waals surface area contributed by atoms with Crippen LogP contribution in [0.25, 0.3) is 0 Å². The van der Waals surface area contributed by atoms with Gasteiger partial charge in [0, 0.05) is 5.92 Å². The molecule has 1 aliphatic rings. The average Bonchev–Trinajstić information content (AvgIpc) is 2.61. The minimum atomic E-state index is 0.0964. The fraction of sp³-hybridized carbons (Fsp3) is 0.538. The standard InChI is InChI=1S/C13H19N3O/c1-13(2)7-3-4-10(13)12(17)16-9-5-6-11(14)15-8-9/h5-6,8,10H,3-4,7H2,1-2H3,(H2,14,15)(H,16,17). The minimum absolute atomic E-state index is 0.0964. The molecule has 1 aliphatic carbocycles. The third-order valence-corrected chi connectivity index (χ3v) is 3.63. The van der Waals surface area contributed by atoms with Crippen LogP contribution >= 0.6 is 0 Å². The lowest BCUT2D eigenvalue weighted by Gasteiger charge is -2.25. The maximum Gasteiger partial charge on any atom is 0.228 e. The third-order valence-electron chi connectivity index (χ3n) is 3.63. The second kappa shape index (κ2) is 4.35. The Morgan fingerprint density at radius 3 is 2.82 bits per heavy atom. The fourth-order valence-electron chi connectivity index (χ4n) is 2.52. The number of amides is 1. The maximum atomic E-state index is 12.1. The molecule has 1 saturated carbocycles. The van der Waals surface area contributed by atoms with E-state index in [-0.39, 0.29) is 17.2 Å². The first-order valence-corrected chi connectivity index (χ1v) is 6.01. The van der Waals surface area contributed by atoms with Gasteiger partial charge < -0.3 is 11.1 Å². The molecule has 0 saturated heterocycles. The van der Waals surface area contributed by atoms with Crippen molar-refractivity contribution >= 4 is 17.4 Å². The number of nitrogens with zero attached hydrogens (tertiary/aromatic N) is 1. The van der Waals surface area contributed by atoms with Crippen molar-refractivity contribution in [3.63, 3.8) is 0 Å². The molecule has 1 amide bonds. The van der Waals surface area contributed by atoms with Crippen molar-refractivity contribution in [1.29, 1.82) is 0 Å². The molecule has 4 nitrogen and oxygen atoms in total. The average molecular weight is 233 g/mol. The van der Waals surface area contributed by atoms with Gasteiger partial charge in [-0.15, -0.1) is 0 Å². The van der Waals surface area contributed by atoms with Gasteiger partial charge in [0.15, 0.2) is 0 Å². The van der Waals surface area contributed by atoms with Gasteiger partial charge in [0.2, 0.25) is 5.91 Å². The van der Waals surface area contributed by atoms with E-state index in [1.807, 2.05) is 0 Å². The second-order valence-electron chi connectivity index (χ2n) is 5.39. The zero-order valence-corrected chi connectivity index (χ0v) is 10.4. The molecular formula is C13H19N3O. The van der Waals surface area contributed by atoms with Gasteiger partial charge in [-0.25, -0.2) is 4.98 Å². The fourth-order valence-corrected chi connectivity index (χ4v) is 2.52. The Hall–Kier alpha value is -1.58. The summed E-state index contributed by atoms with van der Waals surface area (Å²) in [4.78, 5) is 16.1. The zero-order valence-electron chi connectivity index (χ0n) is 10.4. The monoisotopic (exact) mass is 233 g/mol. The topological polar surface area (TPSA) is 68.0 Å². The van der Waals surface area contributed by atoms with Crippen molar-refractivity contribution in [2.24, 2.45) is 11.3 Å². The Kier molecular flexibility index (Phi) is 3.05. The molecule has 1 atom stereocenters. The van der Waals surface area contributed by atoms with Gasteiger partial charge >= 0.3 is 0 Å². The quantitative estimate of drug-likeness (QED) is 0.824. The number of aromatic nitrogens is 1. The third kappa shape index (κ3) is 2.57. The molecule has 1 fully saturated rings. The number of carbonyl (C=O) groups is 1. The number of nitrogens with two attached hydrogens (primary N) is 1. The summed E-state index contributed by atoms with van der Waals surface area (Å²) in [6, 6.07) is 3.47. The molecule has 0 bridgehead atoms. The molecule has 1 unspecified atom stereocenters. The summed E-state index contributed by atoms with van der Waals surface area (Å²) < 4.78 is 0. The number of pyridine rings is 1. The van der Waals surface area contributed by atoms with Gasteiger partial charge in [-0.05, 0) is 30.4 Å². The number of hydrogen-bond acceptors (Lipinski definition) is 3. The SMILES string of the molecule is CC1(C)CCCC1C(=O)Nc1ccc(N)nc1. The highest BCUT2D eigenvalue weighted by Crippen LogP contribution is 2.42. The van der Waals surface area contributed by atoms with E-state index >= 15 is 0 Å². The number of carbonyl (C=O) groups excluding carboxylic acids is 1. The van der Waals surface area contributed by atoms with Crippen LogP contribution in [-0.4, -0.2) is 10.9 Å². The largest absolute Gasteiger partial charge is 0.384 e. The molecule has 17 heavy (non-hydrogen) atoms. The summed E-state index contributed by atoms with van der Waals surface area (Å²) in [7, 11) is 0. The van der Waals surface area contributed by atoms with E-state index in [0.717, 1.165) is 19.3 Å². The summed E-state index contributed by atoms with van der Waals surface area (Å²) >= 11 is 0. The van der Waals surface area contributed by atoms with Crippen LogP contribution in [0.3, 0.4) is 0 Å². The number of rotatable bonds is 2. The Labute approximate surface area is 102 Å². The van der Waals surface area contributed by atoms with Crippen LogP contribution in [0.4, 0.5) is 11.5 Å². The molecule has 1 heterocycles. The molecule has 2 rings (SSSR count). The van der Waals surface area contributed by atoms with Gasteiger partial charge in [-0.2, -0.15) is 0 Å². The molecule has 0 spiro atoms. The van der Waals surface area contributed by atoms with E-state index in [4.69, 9.17) is 5.73 Å². The zero-order chi connectivity index (χ0) is 12.5. The smallest absolute Gasteiger partial charge is 0.228 e. The number of anilines is 2. The lowest BCUT2D eigenvalue weighted by Crippen LogP contribution is -2.30. The Morgan fingerprint density at radius 1 is 1.53 bits per heavy atom. The predicted molar refractivity (Wildman–Crippen MR) is 68.4 cm³/mol. The van der Waals surface area contributed by atoms with E-state index in [0.29, 0.717) is 11.5 Å². The van der Waals surface area contributed by atoms with E-state index in [2.05, 4.69) is 24.1 Å². The summed E-state index contributed by atoms with van der Waals surface area (Å²) in [5, 5.41) is 2.91. The van der Waals surface area contributed by atoms with Crippen LogP contribution in [0.1, 0.15) is 33.1 Å². The first-order chi connectivity index (χ1) is 7.99. The van der Waals surface area contributed by atoms with Crippen molar-refractivity contribution in [1.82, 2.24) is 4.98 Å². The van der Waals surface area contributed by atoms with Crippen molar-refractivity contribution in [2.45, 2.75) is 33.1 Å². The number of nitrogens with one attached hydrogen (secondary N) is 1. The van der Waals surface area contributed by atoms with Crippen LogP contribution in [0, 0.1) is 11.3 Å². The number of hydrogen-bond donors (Lipinski definition) is 2. The highest BCUT2D eigenvalue weighted by Gasteiger charge is 2.39. The van der Waals surface area contributed by atoms with E-state index in [1.165, 1.54) is 0 Å². The normalized spacial score (nSPS) is 22.4. The highest BCUT2D eigenvalue weighted by atomic mass is 16.1. The molecule has 4 heteroatoms. The molecule has 92 valence electrons. The molecule has 0 aromatic carbocycles. The van der Waals surface area contributed by atoms with Crippen molar-refractivity contribution in [3.8, 4) is 0 Å². The van der Waals surface area contributed by atoms with Crippen LogP contribution in [0.5, 0.6) is 0 Å².